The number of carbonyl (C=O) groups is 1. The summed E-state index contributed by atoms with van der Waals surface area (Å²) in [5.41, 5.74) is 2.11. The maximum absolute atomic E-state index is 13.1. The van der Waals surface area contributed by atoms with Gasteiger partial charge in [-0.1, -0.05) is 28.1 Å². The molecule has 1 fully saturated rings. The molecule has 162 valence electrons. The Hall–Kier alpha value is -2.64. The van der Waals surface area contributed by atoms with Gasteiger partial charge in [0.2, 0.25) is 5.43 Å². The third-order valence-corrected chi connectivity index (χ3v) is 6.29. The number of phenols is 1. The van der Waals surface area contributed by atoms with Crippen LogP contribution in [-0.2, 0) is 16.1 Å². The van der Waals surface area contributed by atoms with Crippen molar-refractivity contribution in [2.75, 3.05) is 19.7 Å². The first-order valence-electron chi connectivity index (χ1n) is 10.4. The molecule has 31 heavy (non-hydrogen) atoms. The van der Waals surface area contributed by atoms with E-state index in [-0.39, 0.29) is 23.1 Å². The van der Waals surface area contributed by atoms with Crippen LogP contribution in [0.25, 0.3) is 22.1 Å². The highest BCUT2D eigenvalue weighted by Crippen LogP contribution is 2.31. The van der Waals surface area contributed by atoms with Gasteiger partial charge in [-0.15, -0.1) is 0 Å². The molecule has 0 saturated carbocycles. The first-order valence-corrected chi connectivity index (χ1v) is 11.2. The van der Waals surface area contributed by atoms with Crippen LogP contribution in [0.3, 0.4) is 0 Å². The van der Waals surface area contributed by atoms with E-state index in [4.69, 9.17) is 9.15 Å². The molecule has 6 nitrogen and oxygen atoms in total. The molecule has 3 aromatic rings. The lowest BCUT2D eigenvalue weighted by Gasteiger charge is -2.31. The second kappa shape index (κ2) is 9.24. The van der Waals surface area contributed by atoms with Gasteiger partial charge in [-0.05, 0) is 62.7 Å². The highest BCUT2D eigenvalue weighted by atomic mass is 79.9. The molecule has 0 bridgehead atoms. The Bertz CT molecular complexity index is 1150. The molecule has 2 heterocycles. The Balaban J connectivity index is 1.60. The smallest absolute Gasteiger partial charge is 0.309 e. The minimum absolute atomic E-state index is 0.0799. The van der Waals surface area contributed by atoms with Crippen molar-refractivity contribution in [1.82, 2.24) is 4.90 Å². The largest absolute Gasteiger partial charge is 0.507 e. The van der Waals surface area contributed by atoms with Gasteiger partial charge in [0.15, 0.2) is 0 Å². The van der Waals surface area contributed by atoms with Crippen LogP contribution in [0.1, 0.15) is 25.3 Å². The number of hydrogen-bond acceptors (Lipinski definition) is 6. The van der Waals surface area contributed by atoms with E-state index in [9.17, 15) is 14.7 Å². The standard InChI is InChI=1S/C24H24BrNO5/c1-2-30-24(29)16-9-11-26(12-10-16)13-19-21(27)8-7-18-22(28)20(14-31-23(18)19)15-3-5-17(25)6-4-15/h3-8,14,16,27H,2,9-13H2,1H3. The first kappa shape index (κ1) is 21.6. The number of ether oxygens (including phenoxy) is 1. The molecule has 0 amide bonds. The summed E-state index contributed by atoms with van der Waals surface area (Å²) in [7, 11) is 0. The quantitative estimate of drug-likeness (QED) is 0.527. The van der Waals surface area contributed by atoms with Crippen molar-refractivity contribution in [1.29, 1.82) is 0 Å². The summed E-state index contributed by atoms with van der Waals surface area (Å²) >= 11 is 3.40. The van der Waals surface area contributed by atoms with E-state index in [1.165, 1.54) is 6.26 Å². The van der Waals surface area contributed by atoms with E-state index >= 15 is 0 Å². The zero-order chi connectivity index (χ0) is 22.0. The average molecular weight is 486 g/mol. The van der Waals surface area contributed by atoms with Gasteiger partial charge in [-0.2, -0.15) is 0 Å². The normalized spacial score (nSPS) is 15.3. The van der Waals surface area contributed by atoms with Crippen molar-refractivity contribution < 1.29 is 19.1 Å². The number of carbonyl (C=O) groups excluding carboxylic acids is 1. The third kappa shape index (κ3) is 4.52. The van der Waals surface area contributed by atoms with Gasteiger partial charge in [0.25, 0.3) is 0 Å². The molecule has 0 aliphatic carbocycles. The number of aromatic hydroxyl groups is 1. The van der Waals surface area contributed by atoms with Gasteiger partial charge in [-0.25, -0.2) is 0 Å². The summed E-state index contributed by atoms with van der Waals surface area (Å²) in [5, 5.41) is 10.9. The van der Waals surface area contributed by atoms with Crippen molar-refractivity contribution in [2.24, 2.45) is 5.92 Å². The van der Waals surface area contributed by atoms with Crippen molar-refractivity contribution in [2.45, 2.75) is 26.3 Å². The second-order valence-electron chi connectivity index (χ2n) is 7.73. The minimum atomic E-state index is -0.137. The zero-order valence-corrected chi connectivity index (χ0v) is 18.9. The molecular weight excluding hydrogens is 462 g/mol. The van der Waals surface area contributed by atoms with Gasteiger partial charge in [0.05, 0.1) is 29.0 Å². The molecule has 1 aliphatic heterocycles. The van der Waals surface area contributed by atoms with Crippen LogP contribution in [0.5, 0.6) is 5.75 Å². The molecule has 2 aromatic carbocycles. The molecule has 1 aliphatic rings. The van der Waals surface area contributed by atoms with Crippen LogP contribution < -0.4 is 5.43 Å². The average Bonchev–Trinajstić information content (AvgIpc) is 2.77. The molecule has 0 atom stereocenters. The maximum Gasteiger partial charge on any atom is 0.309 e. The van der Waals surface area contributed by atoms with Crippen LogP contribution in [0.2, 0.25) is 0 Å². The lowest BCUT2D eigenvalue weighted by molar-refractivity contribution is -0.149. The Labute approximate surface area is 188 Å². The van der Waals surface area contributed by atoms with Gasteiger partial charge < -0.3 is 14.3 Å². The predicted octanol–water partition coefficient (Wildman–Crippen LogP) is 4.70. The maximum atomic E-state index is 13.1. The number of benzene rings is 2. The molecule has 0 radical (unpaired) electrons. The Morgan fingerprint density at radius 1 is 1.19 bits per heavy atom. The fourth-order valence-corrected chi connectivity index (χ4v) is 4.30. The number of halogens is 1. The molecule has 1 saturated heterocycles. The molecule has 4 rings (SSSR count). The number of likely N-dealkylation sites (tertiary alicyclic amines) is 1. The topological polar surface area (TPSA) is 80.0 Å². The number of esters is 1. The Morgan fingerprint density at radius 3 is 2.58 bits per heavy atom. The fraction of sp³-hybridized carbons (Fsp3) is 0.333. The molecule has 1 N–H and O–H groups in total. The van der Waals surface area contributed by atoms with Crippen LogP contribution in [-0.4, -0.2) is 35.7 Å². The van der Waals surface area contributed by atoms with Gasteiger partial charge in [-0.3, -0.25) is 14.5 Å². The number of fused-ring (bicyclic) bond motifs is 1. The van der Waals surface area contributed by atoms with Crippen LogP contribution >= 0.6 is 15.9 Å². The summed E-state index contributed by atoms with van der Waals surface area (Å²) in [6.45, 7) is 4.07. The monoisotopic (exact) mass is 485 g/mol. The number of piperidine rings is 1. The summed E-state index contributed by atoms with van der Waals surface area (Å²) < 4.78 is 11.9. The van der Waals surface area contributed by atoms with Gasteiger partial charge >= 0.3 is 5.97 Å². The van der Waals surface area contributed by atoms with E-state index in [2.05, 4.69) is 20.8 Å². The van der Waals surface area contributed by atoms with Gasteiger partial charge in [0.1, 0.15) is 17.6 Å². The number of rotatable bonds is 5. The van der Waals surface area contributed by atoms with E-state index in [1.807, 2.05) is 31.2 Å². The Kier molecular flexibility index (Phi) is 6.43. The van der Waals surface area contributed by atoms with Crippen LogP contribution in [0.4, 0.5) is 0 Å². The lowest BCUT2D eigenvalue weighted by Crippen LogP contribution is -2.36. The van der Waals surface area contributed by atoms with Crippen LogP contribution in [0.15, 0.2) is 56.3 Å². The van der Waals surface area contributed by atoms with E-state index in [0.29, 0.717) is 61.2 Å². The zero-order valence-electron chi connectivity index (χ0n) is 17.3. The molecule has 7 heteroatoms. The van der Waals surface area contributed by atoms with Crippen LogP contribution in [0, 0.1) is 5.92 Å². The lowest BCUT2D eigenvalue weighted by atomic mass is 9.96. The van der Waals surface area contributed by atoms with Crippen molar-refractivity contribution in [3.63, 3.8) is 0 Å². The highest BCUT2D eigenvalue weighted by molar-refractivity contribution is 9.10. The number of nitrogens with zero attached hydrogens (tertiary/aromatic N) is 1. The predicted molar refractivity (Wildman–Crippen MR) is 122 cm³/mol. The first-order chi connectivity index (χ1) is 15.0. The molecule has 0 unspecified atom stereocenters. The summed E-state index contributed by atoms with van der Waals surface area (Å²) in [6, 6.07) is 10.6. The fourth-order valence-electron chi connectivity index (χ4n) is 4.04. The van der Waals surface area contributed by atoms with E-state index in [1.54, 1.807) is 12.1 Å². The summed E-state index contributed by atoms with van der Waals surface area (Å²) in [4.78, 5) is 27.3. The van der Waals surface area contributed by atoms with E-state index in [0.717, 1.165) is 10.0 Å². The molecular formula is C24H24BrNO5. The molecule has 0 spiro atoms. The summed E-state index contributed by atoms with van der Waals surface area (Å²) in [5.74, 6) is -0.120. The highest BCUT2D eigenvalue weighted by Gasteiger charge is 2.27. The van der Waals surface area contributed by atoms with Crippen molar-refractivity contribution in [3.8, 4) is 16.9 Å². The minimum Gasteiger partial charge on any atom is -0.507 e. The van der Waals surface area contributed by atoms with Crippen molar-refractivity contribution in [3.05, 3.63) is 62.9 Å². The van der Waals surface area contributed by atoms with E-state index < -0.39 is 0 Å². The SMILES string of the molecule is CCOC(=O)C1CCN(Cc2c(O)ccc3c(=O)c(-c4ccc(Br)cc4)coc23)CC1. The number of phenolic OH excluding ortho intramolecular Hbond substituents is 1. The number of hydrogen-bond donors (Lipinski definition) is 1. The summed E-state index contributed by atoms with van der Waals surface area (Å²) in [6.07, 6.45) is 2.88. The second-order valence-corrected chi connectivity index (χ2v) is 8.64. The van der Waals surface area contributed by atoms with Gasteiger partial charge in [0, 0.05) is 11.0 Å². The third-order valence-electron chi connectivity index (χ3n) is 5.76. The van der Waals surface area contributed by atoms with Crippen molar-refractivity contribution >= 4 is 32.9 Å². The Morgan fingerprint density at radius 2 is 1.90 bits per heavy atom. The molecule has 1 aromatic heterocycles.